The van der Waals surface area contributed by atoms with Crippen molar-refractivity contribution in [3.8, 4) is 0 Å². The topological polar surface area (TPSA) is 49.3 Å². The number of carbonyl (C=O) groups excluding carboxylic acids is 1. The molecule has 22 heavy (non-hydrogen) atoms. The molecule has 0 aliphatic heterocycles. The Morgan fingerprint density at radius 1 is 1.14 bits per heavy atom. The van der Waals surface area contributed by atoms with Gasteiger partial charge in [-0.2, -0.15) is 0 Å². The van der Waals surface area contributed by atoms with E-state index in [-0.39, 0.29) is 18.6 Å². The van der Waals surface area contributed by atoms with E-state index in [1.165, 1.54) is 10.5 Å². The molecular weight excluding hydrogens is 294 g/mol. The molecule has 0 fully saturated rings. The average molecular weight is 315 g/mol. The lowest BCUT2D eigenvalue weighted by Gasteiger charge is -2.12. The number of hydrogen-bond donors (Lipinski definition) is 2. The first-order chi connectivity index (χ1) is 10.7. The van der Waals surface area contributed by atoms with Crippen molar-refractivity contribution in [3.05, 3.63) is 65.7 Å². The molecule has 0 radical (unpaired) electrons. The molecule has 2 aromatic rings. The molecule has 3 nitrogen and oxygen atoms in total. The monoisotopic (exact) mass is 315 g/mol. The SMILES string of the molecule is C[C@H](CCO)NC(=O)c1ccc(CSc2ccccc2)cc1. The summed E-state index contributed by atoms with van der Waals surface area (Å²) < 4.78 is 0. The highest BCUT2D eigenvalue weighted by molar-refractivity contribution is 7.98. The highest BCUT2D eigenvalue weighted by Gasteiger charge is 2.09. The minimum absolute atomic E-state index is 0.0224. The third-order valence-corrected chi connectivity index (χ3v) is 4.39. The van der Waals surface area contributed by atoms with Crippen LogP contribution < -0.4 is 5.32 Å². The Morgan fingerprint density at radius 2 is 1.82 bits per heavy atom. The van der Waals surface area contributed by atoms with Crippen LogP contribution in [0.15, 0.2) is 59.5 Å². The molecule has 1 amide bonds. The van der Waals surface area contributed by atoms with E-state index in [9.17, 15) is 4.79 Å². The quantitative estimate of drug-likeness (QED) is 0.769. The number of benzene rings is 2. The number of aliphatic hydroxyl groups excluding tert-OH is 1. The predicted molar refractivity (Wildman–Crippen MR) is 91.1 cm³/mol. The molecular formula is C18H21NO2S. The van der Waals surface area contributed by atoms with Crippen molar-refractivity contribution in [1.29, 1.82) is 0 Å². The van der Waals surface area contributed by atoms with Gasteiger partial charge in [0.1, 0.15) is 0 Å². The van der Waals surface area contributed by atoms with Gasteiger partial charge < -0.3 is 10.4 Å². The first-order valence-corrected chi connectivity index (χ1v) is 8.36. The number of amides is 1. The molecule has 0 saturated heterocycles. The second-order valence-corrected chi connectivity index (χ2v) is 6.23. The van der Waals surface area contributed by atoms with Crippen molar-refractivity contribution < 1.29 is 9.90 Å². The van der Waals surface area contributed by atoms with E-state index in [1.54, 1.807) is 11.8 Å². The second-order valence-electron chi connectivity index (χ2n) is 5.19. The van der Waals surface area contributed by atoms with Gasteiger partial charge >= 0.3 is 0 Å². The normalized spacial score (nSPS) is 11.9. The molecule has 0 bridgehead atoms. The molecule has 0 aliphatic carbocycles. The number of thioether (sulfide) groups is 1. The Balaban J connectivity index is 1.88. The van der Waals surface area contributed by atoms with E-state index in [1.807, 2.05) is 49.4 Å². The van der Waals surface area contributed by atoms with Crippen molar-refractivity contribution in [2.45, 2.75) is 30.0 Å². The Morgan fingerprint density at radius 3 is 2.45 bits per heavy atom. The van der Waals surface area contributed by atoms with Gasteiger partial charge in [0.25, 0.3) is 5.91 Å². The standard InChI is InChI=1S/C18H21NO2S/c1-14(11-12-20)19-18(21)16-9-7-15(8-10-16)13-22-17-5-3-2-4-6-17/h2-10,14,20H,11-13H2,1H3,(H,19,21)/t14-/m1/s1. The Hall–Kier alpha value is -1.78. The summed E-state index contributed by atoms with van der Waals surface area (Å²) in [5.41, 5.74) is 1.84. The summed E-state index contributed by atoms with van der Waals surface area (Å²) in [6.07, 6.45) is 0.567. The van der Waals surface area contributed by atoms with Crippen molar-refractivity contribution in [1.82, 2.24) is 5.32 Å². The van der Waals surface area contributed by atoms with Crippen LogP contribution in [0.4, 0.5) is 0 Å². The fourth-order valence-electron chi connectivity index (χ4n) is 2.01. The number of nitrogens with one attached hydrogen (secondary N) is 1. The van der Waals surface area contributed by atoms with Gasteiger partial charge in [-0.15, -0.1) is 11.8 Å². The molecule has 2 aromatic carbocycles. The Bertz CT molecular complexity index is 584. The van der Waals surface area contributed by atoms with Crippen LogP contribution in [0.3, 0.4) is 0 Å². The molecule has 116 valence electrons. The van der Waals surface area contributed by atoms with Crippen molar-refractivity contribution in [2.75, 3.05) is 6.61 Å². The zero-order valence-corrected chi connectivity index (χ0v) is 13.5. The summed E-state index contributed by atoms with van der Waals surface area (Å²) in [6.45, 7) is 1.97. The maximum Gasteiger partial charge on any atom is 0.251 e. The minimum Gasteiger partial charge on any atom is -0.396 e. The Kier molecular flexibility index (Phi) is 6.49. The summed E-state index contributed by atoms with van der Waals surface area (Å²) in [5, 5.41) is 11.7. The number of aliphatic hydroxyl groups is 1. The van der Waals surface area contributed by atoms with Gasteiger partial charge in [0.05, 0.1) is 0 Å². The van der Waals surface area contributed by atoms with Crippen molar-refractivity contribution >= 4 is 17.7 Å². The molecule has 1 atom stereocenters. The van der Waals surface area contributed by atoms with Gasteiger partial charge in [-0.1, -0.05) is 30.3 Å². The van der Waals surface area contributed by atoms with Crippen LogP contribution in [-0.4, -0.2) is 23.7 Å². The second kappa shape index (κ2) is 8.61. The van der Waals surface area contributed by atoms with Gasteiger partial charge in [-0.25, -0.2) is 0 Å². The van der Waals surface area contributed by atoms with Gasteiger partial charge in [0.15, 0.2) is 0 Å². The summed E-state index contributed by atoms with van der Waals surface area (Å²) in [4.78, 5) is 13.3. The zero-order chi connectivity index (χ0) is 15.8. The molecule has 0 heterocycles. The Labute approximate surface area is 135 Å². The van der Waals surface area contributed by atoms with E-state index < -0.39 is 0 Å². The van der Waals surface area contributed by atoms with Gasteiger partial charge in [0, 0.05) is 28.9 Å². The van der Waals surface area contributed by atoms with Crippen LogP contribution in [0.5, 0.6) is 0 Å². The van der Waals surface area contributed by atoms with E-state index >= 15 is 0 Å². The fourth-order valence-corrected chi connectivity index (χ4v) is 2.88. The fraction of sp³-hybridized carbons (Fsp3) is 0.278. The van der Waals surface area contributed by atoms with Crippen LogP contribution in [-0.2, 0) is 5.75 Å². The first-order valence-electron chi connectivity index (χ1n) is 7.37. The van der Waals surface area contributed by atoms with Crippen LogP contribution in [0.25, 0.3) is 0 Å². The third-order valence-electron chi connectivity index (χ3n) is 3.30. The maximum atomic E-state index is 12.0. The predicted octanol–water partition coefficient (Wildman–Crippen LogP) is 3.48. The van der Waals surface area contributed by atoms with E-state index in [0.717, 1.165) is 5.75 Å². The van der Waals surface area contributed by atoms with Crippen molar-refractivity contribution in [2.24, 2.45) is 0 Å². The number of hydrogen-bond acceptors (Lipinski definition) is 3. The lowest BCUT2D eigenvalue weighted by Crippen LogP contribution is -2.33. The van der Waals surface area contributed by atoms with E-state index in [2.05, 4.69) is 17.4 Å². The largest absolute Gasteiger partial charge is 0.396 e. The third kappa shape index (κ3) is 5.20. The summed E-state index contributed by atoms with van der Waals surface area (Å²) >= 11 is 1.78. The number of rotatable bonds is 7. The van der Waals surface area contributed by atoms with Crippen LogP contribution >= 0.6 is 11.8 Å². The van der Waals surface area contributed by atoms with Crippen LogP contribution in [0.2, 0.25) is 0 Å². The lowest BCUT2D eigenvalue weighted by atomic mass is 10.1. The molecule has 0 aliphatic rings. The molecule has 0 aromatic heterocycles. The molecule has 0 saturated carbocycles. The number of carbonyl (C=O) groups is 1. The smallest absolute Gasteiger partial charge is 0.251 e. The highest BCUT2D eigenvalue weighted by Crippen LogP contribution is 2.22. The lowest BCUT2D eigenvalue weighted by molar-refractivity contribution is 0.0934. The summed E-state index contributed by atoms with van der Waals surface area (Å²) in [5.74, 6) is 0.788. The van der Waals surface area contributed by atoms with Gasteiger partial charge in [0.2, 0.25) is 0 Å². The highest BCUT2D eigenvalue weighted by atomic mass is 32.2. The van der Waals surface area contributed by atoms with Crippen LogP contribution in [0, 0.1) is 0 Å². The molecule has 2 rings (SSSR count). The van der Waals surface area contributed by atoms with Crippen molar-refractivity contribution in [3.63, 3.8) is 0 Å². The molecule has 0 spiro atoms. The first kappa shape index (κ1) is 16.6. The molecule has 0 unspecified atom stereocenters. The zero-order valence-electron chi connectivity index (χ0n) is 12.7. The van der Waals surface area contributed by atoms with E-state index in [4.69, 9.17) is 5.11 Å². The molecule has 2 N–H and O–H groups in total. The van der Waals surface area contributed by atoms with Gasteiger partial charge in [-0.05, 0) is 43.2 Å². The van der Waals surface area contributed by atoms with Crippen LogP contribution in [0.1, 0.15) is 29.3 Å². The van der Waals surface area contributed by atoms with Gasteiger partial charge in [-0.3, -0.25) is 4.79 Å². The summed E-state index contributed by atoms with van der Waals surface area (Å²) in [6, 6.07) is 17.9. The van der Waals surface area contributed by atoms with E-state index in [0.29, 0.717) is 12.0 Å². The average Bonchev–Trinajstić information content (AvgIpc) is 2.54. The minimum atomic E-state index is -0.0942. The summed E-state index contributed by atoms with van der Waals surface area (Å²) in [7, 11) is 0. The molecule has 4 heteroatoms. The maximum absolute atomic E-state index is 12.0.